The Morgan fingerprint density at radius 1 is 0.933 bits per heavy atom. The molecular weight excluding hydrogens is 380 g/mol. The highest BCUT2D eigenvalue weighted by molar-refractivity contribution is 6.07. The van der Waals surface area contributed by atoms with Crippen molar-refractivity contribution < 1.29 is 14.3 Å². The molecule has 0 saturated carbocycles. The number of amides is 1. The molecule has 1 amide bonds. The Balaban J connectivity index is 1.56. The van der Waals surface area contributed by atoms with Gasteiger partial charge in [0.25, 0.3) is 11.5 Å². The van der Waals surface area contributed by atoms with Crippen molar-refractivity contribution >= 4 is 27.6 Å². The third-order valence-electron chi connectivity index (χ3n) is 5.17. The van der Waals surface area contributed by atoms with Crippen molar-refractivity contribution in [3.8, 4) is 11.5 Å². The zero-order valence-electron chi connectivity index (χ0n) is 16.8. The number of benzene rings is 3. The van der Waals surface area contributed by atoms with Crippen molar-refractivity contribution in [1.29, 1.82) is 0 Å². The molecule has 30 heavy (non-hydrogen) atoms. The molecule has 0 aliphatic carbocycles. The van der Waals surface area contributed by atoms with Crippen LogP contribution in [0.3, 0.4) is 0 Å². The molecule has 0 unspecified atom stereocenters. The van der Waals surface area contributed by atoms with E-state index in [0.717, 1.165) is 16.2 Å². The number of rotatable bonds is 6. The Bertz CT molecular complexity index is 1290. The number of hydrogen-bond donors (Lipinski definition) is 2. The van der Waals surface area contributed by atoms with Gasteiger partial charge in [-0.2, -0.15) is 0 Å². The van der Waals surface area contributed by atoms with Crippen molar-refractivity contribution in [2.45, 2.75) is 6.42 Å². The second-order valence-corrected chi connectivity index (χ2v) is 6.92. The normalized spacial score (nSPS) is 10.9. The molecule has 4 aromatic rings. The number of carbonyl (C=O) groups excluding carboxylic acids is 1. The number of hydrogen-bond acceptors (Lipinski definition) is 4. The Morgan fingerprint density at radius 2 is 1.67 bits per heavy atom. The van der Waals surface area contributed by atoms with Crippen LogP contribution in [0.1, 0.15) is 15.9 Å². The van der Waals surface area contributed by atoms with Gasteiger partial charge in [-0.3, -0.25) is 9.59 Å². The largest absolute Gasteiger partial charge is 0.496 e. The molecule has 6 nitrogen and oxygen atoms in total. The molecule has 0 aliphatic heterocycles. The van der Waals surface area contributed by atoms with E-state index < -0.39 is 0 Å². The molecule has 0 radical (unpaired) electrons. The topological polar surface area (TPSA) is 80.4 Å². The molecule has 1 aromatic heterocycles. The minimum absolute atomic E-state index is 0.164. The highest BCUT2D eigenvalue weighted by atomic mass is 16.5. The maximum Gasteiger partial charge on any atom is 0.251 e. The van der Waals surface area contributed by atoms with Crippen molar-refractivity contribution in [3.05, 3.63) is 82.1 Å². The fraction of sp³-hybridized carbons (Fsp3) is 0.167. The minimum Gasteiger partial charge on any atom is -0.496 e. The summed E-state index contributed by atoms with van der Waals surface area (Å²) in [5.74, 6) is 1.05. The molecule has 0 atom stereocenters. The molecule has 3 aromatic carbocycles. The molecule has 0 spiro atoms. The SMILES string of the molecule is COc1ccc(OC)c2[nH]c(=O)c(CCNC(=O)c3cccc4ccccc34)cc12. The quantitative estimate of drug-likeness (QED) is 0.516. The van der Waals surface area contributed by atoms with E-state index in [4.69, 9.17) is 9.47 Å². The minimum atomic E-state index is -0.214. The average Bonchev–Trinajstić information content (AvgIpc) is 2.78. The van der Waals surface area contributed by atoms with Crippen molar-refractivity contribution in [3.63, 3.8) is 0 Å². The van der Waals surface area contributed by atoms with Crippen LogP contribution in [0.4, 0.5) is 0 Å². The summed E-state index contributed by atoms with van der Waals surface area (Å²) in [6.07, 6.45) is 0.391. The first-order chi connectivity index (χ1) is 14.6. The number of methoxy groups -OCH3 is 2. The van der Waals surface area contributed by atoms with E-state index in [0.29, 0.717) is 41.1 Å². The van der Waals surface area contributed by atoms with E-state index in [2.05, 4.69) is 10.3 Å². The number of pyridine rings is 1. The molecule has 2 N–H and O–H groups in total. The predicted molar refractivity (Wildman–Crippen MR) is 118 cm³/mol. The van der Waals surface area contributed by atoms with Gasteiger partial charge < -0.3 is 19.8 Å². The van der Waals surface area contributed by atoms with Crippen LogP contribution in [-0.2, 0) is 6.42 Å². The summed E-state index contributed by atoms with van der Waals surface area (Å²) in [4.78, 5) is 28.1. The Hall–Kier alpha value is -3.80. The molecule has 0 saturated heterocycles. The van der Waals surface area contributed by atoms with E-state index in [1.165, 1.54) is 0 Å². The van der Waals surface area contributed by atoms with Crippen LogP contribution in [0.15, 0.2) is 65.5 Å². The summed E-state index contributed by atoms with van der Waals surface area (Å²) in [6, 6.07) is 18.7. The lowest BCUT2D eigenvalue weighted by atomic mass is 10.0. The lowest BCUT2D eigenvalue weighted by Gasteiger charge is -2.11. The van der Waals surface area contributed by atoms with Crippen LogP contribution < -0.4 is 20.3 Å². The van der Waals surface area contributed by atoms with Crippen LogP contribution in [0.25, 0.3) is 21.7 Å². The van der Waals surface area contributed by atoms with Crippen LogP contribution in [0.2, 0.25) is 0 Å². The van der Waals surface area contributed by atoms with Crippen molar-refractivity contribution in [2.24, 2.45) is 0 Å². The van der Waals surface area contributed by atoms with Gasteiger partial charge in [-0.05, 0) is 41.5 Å². The first-order valence-corrected chi connectivity index (χ1v) is 9.65. The molecular formula is C24H22N2O4. The number of fused-ring (bicyclic) bond motifs is 2. The highest BCUT2D eigenvalue weighted by Gasteiger charge is 2.13. The highest BCUT2D eigenvalue weighted by Crippen LogP contribution is 2.31. The smallest absolute Gasteiger partial charge is 0.251 e. The number of nitrogens with one attached hydrogen (secondary N) is 2. The first kappa shape index (κ1) is 19.5. The van der Waals surface area contributed by atoms with Crippen LogP contribution in [0, 0.1) is 0 Å². The summed E-state index contributed by atoms with van der Waals surface area (Å²) in [5.41, 5.74) is 1.55. The van der Waals surface area contributed by atoms with Gasteiger partial charge in [0.15, 0.2) is 0 Å². The summed E-state index contributed by atoms with van der Waals surface area (Å²) in [6.45, 7) is 0.336. The fourth-order valence-corrected chi connectivity index (χ4v) is 3.65. The second-order valence-electron chi connectivity index (χ2n) is 6.92. The number of ether oxygens (including phenoxy) is 2. The van der Waals surface area contributed by atoms with E-state index in [1.54, 1.807) is 38.5 Å². The summed E-state index contributed by atoms with van der Waals surface area (Å²) in [5, 5.41) is 5.59. The molecule has 0 fully saturated rings. The van der Waals surface area contributed by atoms with E-state index in [-0.39, 0.29) is 11.5 Å². The maximum atomic E-state index is 12.7. The molecule has 0 aliphatic rings. The van der Waals surface area contributed by atoms with Gasteiger partial charge in [-0.15, -0.1) is 0 Å². The lowest BCUT2D eigenvalue weighted by molar-refractivity contribution is 0.0955. The van der Waals surface area contributed by atoms with Crippen molar-refractivity contribution in [1.82, 2.24) is 10.3 Å². The summed E-state index contributed by atoms with van der Waals surface area (Å²) >= 11 is 0. The standard InChI is InChI=1S/C24H22N2O4/c1-29-20-10-11-21(30-2)22-19(20)14-16(23(27)26-22)12-13-25-24(28)18-9-5-7-15-6-3-4-8-17(15)18/h3-11,14H,12-13H2,1-2H3,(H,25,28)(H,26,27). The number of H-pyrrole nitrogens is 1. The zero-order valence-corrected chi connectivity index (χ0v) is 16.8. The lowest BCUT2D eigenvalue weighted by Crippen LogP contribution is -2.27. The Kier molecular flexibility index (Phi) is 5.39. The Morgan fingerprint density at radius 3 is 2.47 bits per heavy atom. The monoisotopic (exact) mass is 402 g/mol. The van der Waals surface area contributed by atoms with Gasteiger partial charge in [-0.1, -0.05) is 36.4 Å². The molecule has 1 heterocycles. The van der Waals surface area contributed by atoms with Gasteiger partial charge in [0.05, 0.1) is 19.7 Å². The molecule has 0 bridgehead atoms. The van der Waals surface area contributed by atoms with Gasteiger partial charge in [0.2, 0.25) is 0 Å². The number of aromatic nitrogens is 1. The Labute approximate surface area is 173 Å². The number of aromatic amines is 1. The molecule has 4 rings (SSSR count). The van der Waals surface area contributed by atoms with Gasteiger partial charge >= 0.3 is 0 Å². The van der Waals surface area contributed by atoms with Crippen molar-refractivity contribution in [2.75, 3.05) is 20.8 Å². The third kappa shape index (κ3) is 3.59. The number of carbonyl (C=O) groups is 1. The average molecular weight is 402 g/mol. The van der Waals surface area contributed by atoms with Crippen LogP contribution >= 0.6 is 0 Å². The van der Waals surface area contributed by atoms with E-state index in [1.807, 2.05) is 36.4 Å². The van der Waals surface area contributed by atoms with Crippen LogP contribution in [0.5, 0.6) is 11.5 Å². The second kappa shape index (κ2) is 8.29. The first-order valence-electron chi connectivity index (χ1n) is 9.65. The van der Waals surface area contributed by atoms with Gasteiger partial charge in [0.1, 0.15) is 11.5 Å². The third-order valence-corrected chi connectivity index (χ3v) is 5.17. The van der Waals surface area contributed by atoms with E-state index >= 15 is 0 Å². The maximum absolute atomic E-state index is 12.7. The fourth-order valence-electron chi connectivity index (χ4n) is 3.65. The van der Waals surface area contributed by atoms with Gasteiger partial charge in [-0.25, -0.2) is 0 Å². The zero-order chi connectivity index (χ0) is 21.1. The van der Waals surface area contributed by atoms with E-state index in [9.17, 15) is 9.59 Å². The summed E-state index contributed by atoms with van der Waals surface area (Å²) in [7, 11) is 3.13. The molecule has 6 heteroatoms. The molecule has 152 valence electrons. The predicted octanol–water partition coefficient (Wildman–Crippen LogP) is 3.67. The van der Waals surface area contributed by atoms with Crippen LogP contribution in [-0.4, -0.2) is 31.7 Å². The summed E-state index contributed by atoms with van der Waals surface area (Å²) < 4.78 is 10.8. The van der Waals surface area contributed by atoms with Gasteiger partial charge in [0, 0.05) is 23.1 Å².